The molecule has 1 aliphatic rings. The van der Waals surface area contributed by atoms with Gasteiger partial charge in [-0.15, -0.1) is 0 Å². The molecule has 0 aromatic heterocycles. The lowest BCUT2D eigenvalue weighted by Gasteiger charge is -2.32. The Morgan fingerprint density at radius 2 is 1.83 bits per heavy atom. The Hall–Kier alpha value is -2.86. The second-order valence-electron chi connectivity index (χ2n) is 7.52. The van der Waals surface area contributed by atoms with E-state index in [1.165, 1.54) is 32.7 Å². The monoisotopic (exact) mass is 395 g/mol. The number of carbonyl (C=O) groups excluding carboxylic acids is 2. The summed E-state index contributed by atoms with van der Waals surface area (Å²) >= 11 is 0. The van der Waals surface area contributed by atoms with Crippen LogP contribution in [0.2, 0.25) is 0 Å². The first-order chi connectivity index (χ1) is 14.0. The average molecular weight is 396 g/mol. The summed E-state index contributed by atoms with van der Waals surface area (Å²) in [5, 5.41) is 5.77. The summed E-state index contributed by atoms with van der Waals surface area (Å²) in [4.78, 5) is 25.9. The summed E-state index contributed by atoms with van der Waals surface area (Å²) in [7, 11) is 2.20. The van der Waals surface area contributed by atoms with Gasteiger partial charge in [-0.3, -0.25) is 4.79 Å². The lowest BCUT2D eigenvalue weighted by Crippen LogP contribution is -2.36. The lowest BCUT2D eigenvalue weighted by atomic mass is 9.96. The van der Waals surface area contributed by atoms with Crippen molar-refractivity contribution in [1.29, 1.82) is 0 Å². The van der Waals surface area contributed by atoms with E-state index in [4.69, 9.17) is 4.74 Å². The molecule has 1 unspecified atom stereocenters. The molecule has 2 amide bonds. The zero-order chi connectivity index (χ0) is 20.6. The third kappa shape index (κ3) is 6.32. The number of ether oxygens (including phenoxy) is 1. The number of piperidine rings is 1. The fourth-order valence-corrected chi connectivity index (χ4v) is 3.75. The van der Waals surface area contributed by atoms with Crippen molar-refractivity contribution in [2.24, 2.45) is 0 Å². The molecule has 0 spiro atoms. The highest BCUT2D eigenvalue weighted by molar-refractivity contribution is 6.00. The molecule has 1 fully saturated rings. The molecule has 0 saturated carbocycles. The summed E-state index contributed by atoms with van der Waals surface area (Å²) in [6.45, 7) is 2.52. The fraction of sp³-hybridized carbons (Fsp3) is 0.391. The first kappa shape index (κ1) is 20.9. The van der Waals surface area contributed by atoms with Crippen molar-refractivity contribution in [3.05, 3.63) is 54.1 Å². The number of hydrogen-bond acceptors (Lipinski definition) is 4. The molecule has 1 aliphatic heterocycles. The maximum Gasteiger partial charge on any atom is 0.323 e. The summed E-state index contributed by atoms with van der Waals surface area (Å²) in [5.74, 6) is 0.0703. The van der Waals surface area contributed by atoms with Crippen molar-refractivity contribution in [2.75, 3.05) is 24.2 Å². The van der Waals surface area contributed by atoms with E-state index in [2.05, 4.69) is 28.6 Å². The molecule has 6 nitrogen and oxygen atoms in total. The Morgan fingerprint density at radius 3 is 2.55 bits per heavy atom. The minimum absolute atomic E-state index is 0.299. The first-order valence-corrected chi connectivity index (χ1v) is 10.2. The number of rotatable bonds is 6. The van der Waals surface area contributed by atoms with Gasteiger partial charge < -0.3 is 20.3 Å². The second kappa shape index (κ2) is 10.1. The molecule has 2 aromatic rings. The molecule has 2 N–H and O–H groups in total. The lowest BCUT2D eigenvalue weighted by molar-refractivity contribution is -0.131. The number of hydrogen-bond donors (Lipinski definition) is 2. The van der Waals surface area contributed by atoms with Crippen molar-refractivity contribution in [1.82, 2.24) is 4.90 Å². The molecule has 0 bridgehead atoms. The van der Waals surface area contributed by atoms with E-state index in [-0.39, 0.29) is 12.0 Å². The number of nitrogens with one attached hydrogen (secondary N) is 2. The molecular formula is C23H29N3O3. The average Bonchev–Trinajstić information content (AvgIpc) is 2.69. The Labute approximate surface area is 172 Å². The van der Waals surface area contributed by atoms with Crippen LogP contribution < -0.4 is 15.4 Å². The molecule has 29 heavy (non-hydrogen) atoms. The van der Waals surface area contributed by atoms with Gasteiger partial charge >= 0.3 is 12.0 Å². The van der Waals surface area contributed by atoms with E-state index < -0.39 is 0 Å². The van der Waals surface area contributed by atoms with Gasteiger partial charge in [0, 0.05) is 24.3 Å². The van der Waals surface area contributed by atoms with Crippen LogP contribution in [0.25, 0.3) is 0 Å². The number of benzene rings is 2. The predicted octanol–water partition coefficient (Wildman–Crippen LogP) is 4.67. The third-order valence-electron chi connectivity index (χ3n) is 5.31. The molecule has 1 saturated heterocycles. The van der Waals surface area contributed by atoms with Crippen LogP contribution in [-0.4, -0.2) is 36.5 Å². The van der Waals surface area contributed by atoms with E-state index in [9.17, 15) is 9.59 Å². The van der Waals surface area contributed by atoms with Crippen molar-refractivity contribution in [3.8, 4) is 5.75 Å². The van der Waals surface area contributed by atoms with Gasteiger partial charge in [0.15, 0.2) is 0 Å². The van der Waals surface area contributed by atoms with Gasteiger partial charge in [0.1, 0.15) is 5.75 Å². The predicted molar refractivity (Wildman–Crippen MR) is 115 cm³/mol. The van der Waals surface area contributed by atoms with Crippen molar-refractivity contribution < 1.29 is 14.3 Å². The van der Waals surface area contributed by atoms with Gasteiger partial charge in [-0.25, -0.2) is 4.79 Å². The molecule has 3 rings (SSSR count). The Bertz CT molecular complexity index is 836. The number of urea groups is 1. The van der Waals surface area contributed by atoms with E-state index in [0.717, 1.165) is 24.1 Å². The highest BCUT2D eigenvalue weighted by Crippen LogP contribution is 2.23. The van der Waals surface area contributed by atoms with Crippen LogP contribution in [0.15, 0.2) is 48.5 Å². The Balaban J connectivity index is 1.56. The number of nitrogens with zero attached hydrogens (tertiary/aromatic N) is 1. The van der Waals surface area contributed by atoms with Gasteiger partial charge in [0.05, 0.1) is 0 Å². The van der Waals surface area contributed by atoms with E-state index in [0.29, 0.717) is 17.5 Å². The van der Waals surface area contributed by atoms with Gasteiger partial charge in [0.2, 0.25) is 0 Å². The normalized spacial score (nSPS) is 16.8. The number of likely N-dealkylation sites (tertiary alicyclic amines) is 1. The van der Waals surface area contributed by atoms with E-state index in [1.54, 1.807) is 24.3 Å². The highest BCUT2D eigenvalue weighted by atomic mass is 16.5. The van der Waals surface area contributed by atoms with Crippen LogP contribution in [0.1, 0.15) is 38.2 Å². The standard InChI is InChI=1S/C23H29N3O3/c1-17(27)29-21-14-11-19(12-15-21)24-23(28)25-22-9-4-3-7-18(22)10-13-20-8-5-6-16-26(20)2/h3-4,7,9,11-12,14-15,20H,5-6,8,10,13,16H2,1-2H3,(H2,24,25,28). The van der Waals surface area contributed by atoms with Gasteiger partial charge in [-0.05, 0) is 75.2 Å². The Kier molecular flexibility index (Phi) is 7.25. The zero-order valence-corrected chi connectivity index (χ0v) is 17.1. The smallest absolute Gasteiger partial charge is 0.323 e. The quantitative estimate of drug-likeness (QED) is 0.551. The number of anilines is 2. The van der Waals surface area contributed by atoms with Gasteiger partial charge in [0.25, 0.3) is 0 Å². The van der Waals surface area contributed by atoms with E-state index in [1.807, 2.05) is 18.2 Å². The van der Waals surface area contributed by atoms with Gasteiger partial charge in [-0.2, -0.15) is 0 Å². The van der Waals surface area contributed by atoms with Crippen LogP contribution in [0.3, 0.4) is 0 Å². The number of amides is 2. The second-order valence-corrected chi connectivity index (χ2v) is 7.52. The summed E-state index contributed by atoms with van der Waals surface area (Å²) in [6, 6.07) is 14.9. The van der Waals surface area contributed by atoms with Crippen LogP contribution in [0.5, 0.6) is 5.75 Å². The fourth-order valence-electron chi connectivity index (χ4n) is 3.75. The molecule has 0 radical (unpaired) electrons. The van der Waals surface area contributed by atoms with Crippen molar-refractivity contribution >= 4 is 23.4 Å². The topological polar surface area (TPSA) is 70.7 Å². The third-order valence-corrected chi connectivity index (χ3v) is 5.31. The van der Waals surface area contributed by atoms with Crippen LogP contribution >= 0.6 is 0 Å². The Morgan fingerprint density at radius 1 is 1.07 bits per heavy atom. The zero-order valence-electron chi connectivity index (χ0n) is 17.1. The largest absolute Gasteiger partial charge is 0.427 e. The minimum atomic E-state index is -0.375. The minimum Gasteiger partial charge on any atom is -0.427 e. The van der Waals surface area contributed by atoms with Crippen molar-refractivity contribution in [2.45, 2.75) is 45.1 Å². The van der Waals surface area contributed by atoms with Crippen LogP contribution in [0, 0.1) is 0 Å². The molecule has 1 atom stereocenters. The number of aryl methyl sites for hydroxylation is 1. The molecule has 6 heteroatoms. The summed E-state index contributed by atoms with van der Waals surface area (Å²) in [5.41, 5.74) is 2.60. The SMILES string of the molecule is CC(=O)Oc1ccc(NC(=O)Nc2ccccc2CCC2CCCCN2C)cc1. The maximum absolute atomic E-state index is 12.4. The summed E-state index contributed by atoms with van der Waals surface area (Å²) in [6.07, 6.45) is 5.85. The molecule has 2 aromatic carbocycles. The number of para-hydroxylation sites is 1. The number of esters is 1. The van der Waals surface area contributed by atoms with Crippen molar-refractivity contribution in [3.63, 3.8) is 0 Å². The maximum atomic E-state index is 12.4. The molecular weight excluding hydrogens is 366 g/mol. The van der Waals surface area contributed by atoms with Gasteiger partial charge in [-0.1, -0.05) is 24.6 Å². The molecule has 154 valence electrons. The molecule has 0 aliphatic carbocycles. The first-order valence-electron chi connectivity index (χ1n) is 10.2. The highest BCUT2D eigenvalue weighted by Gasteiger charge is 2.19. The number of carbonyl (C=O) groups is 2. The van der Waals surface area contributed by atoms with Crippen LogP contribution in [0.4, 0.5) is 16.2 Å². The summed E-state index contributed by atoms with van der Waals surface area (Å²) < 4.78 is 5.00. The molecule has 1 heterocycles. The van der Waals surface area contributed by atoms with E-state index >= 15 is 0 Å². The van der Waals surface area contributed by atoms with Crippen LogP contribution in [-0.2, 0) is 11.2 Å².